The van der Waals surface area contributed by atoms with E-state index in [0.29, 0.717) is 19.2 Å². The predicted molar refractivity (Wildman–Crippen MR) is 102 cm³/mol. The summed E-state index contributed by atoms with van der Waals surface area (Å²) in [7, 11) is 0. The normalized spacial score (nSPS) is 17.5. The number of nitrogens with zero attached hydrogens (tertiary/aromatic N) is 1. The van der Waals surface area contributed by atoms with Crippen molar-refractivity contribution < 1.29 is 9.84 Å². The highest BCUT2D eigenvalue weighted by Gasteiger charge is 2.27. The van der Waals surface area contributed by atoms with E-state index in [1.165, 1.54) is 16.6 Å². The lowest BCUT2D eigenvalue weighted by Gasteiger charge is -2.27. The fourth-order valence-corrected chi connectivity index (χ4v) is 3.64. The Bertz CT molecular complexity index is 877. The summed E-state index contributed by atoms with van der Waals surface area (Å²) in [6, 6.07) is 23.1. The number of β-amino-alcohol motifs (C(OH)–C–C–N with tert-alkyl or cyclic N) is 1. The first-order valence-electron chi connectivity index (χ1n) is 8.85. The number of aliphatic hydroxyl groups is 1. The van der Waals surface area contributed by atoms with Gasteiger partial charge in [-0.3, -0.25) is 0 Å². The van der Waals surface area contributed by atoms with Crippen molar-refractivity contribution in [1.82, 2.24) is 0 Å². The Balaban J connectivity index is 1.39. The number of ether oxygens (including phenoxy) is 1. The molecule has 3 aromatic carbocycles. The number of rotatable bonds is 5. The van der Waals surface area contributed by atoms with Crippen LogP contribution >= 0.6 is 0 Å². The molecule has 0 aliphatic carbocycles. The minimum Gasteiger partial charge on any atom is -0.491 e. The fraction of sp³-hybridized carbons (Fsp3) is 0.273. The van der Waals surface area contributed by atoms with Crippen molar-refractivity contribution in [2.75, 3.05) is 18.1 Å². The van der Waals surface area contributed by atoms with Gasteiger partial charge in [0, 0.05) is 18.3 Å². The van der Waals surface area contributed by atoms with Crippen molar-refractivity contribution in [3.63, 3.8) is 0 Å². The molecule has 2 atom stereocenters. The molecule has 25 heavy (non-hydrogen) atoms. The summed E-state index contributed by atoms with van der Waals surface area (Å²) in [4.78, 5) is 2.28. The molecule has 1 aliphatic heterocycles. The van der Waals surface area contributed by atoms with Gasteiger partial charge in [-0.1, -0.05) is 48.5 Å². The largest absolute Gasteiger partial charge is 0.491 e. The summed E-state index contributed by atoms with van der Waals surface area (Å²) in [6.45, 7) is 3.09. The number of fused-ring (bicyclic) bond motifs is 2. The molecule has 4 rings (SSSR count). The minimum atomic E-state index is -0.528. The van der Waals surface area contributed by atoms with Crippen molar-refractivity contribution in [3.05, 3.63) is 72.3 Å². The first kappa shape index (κ1) is 16.0. The zero-order valence-electron chi connectivity index (χ0n) is 14.4. The predicted octanol–water partition coefficient (Wildman–Crippen LogP) is 4.03. The number of para-hydroxylation sites is 1. The van der Waals surface area contributed by atoms with Gasteiger partial charge >= 0.3 is 0 Å². The molecule has 0 saturated carbocycles. The second kappa shape index (κ2) is 6.77. The lowest BCUT2D eigenvalue weighted by Crippen LogP contribution is -2.39. The van der Waals surface area contributed by atoms with Crippen LogP contribution in [-0.4, -0.2) is 30.4 Å². The van der Waals surface area contributed by atoms with Gasteiger partial charge < -0.3 is 14.7 Å². The third-order valence-electron chi connectivity index (χ3n) is 4.92. The molecule has 3 nitrogen and oxygen atoms in total. The zero-order chi connectivity index (χ0) is 17.2. The first-order chi connectivity index (χ1) is 12.2. The molecular weight excluding hydrogens is 310 g/mol. The highest BCUT2D eigenvalue weighted by atomic mass is 16.5. The van der Waals surface area contributed by atoms with Crippen LogP contribution in [0.2, 0.25) is 0 Å². The van der Waals surface area contributed by atoms with Crippen LogP contribution < -0.4 is 9.64 Å². The Hall–Kier alpha value is -2.52. The van der Waals surface area contributed by atoms with Crippen LogP contribution in [-0.2, 0) is 6.42 Å². The summed E-state index contributed by atoms with van der Waals surface area (Å²) < 4.78 is 5.83. The van der Waals surface area contributed by atoms with E-state index in [1.54, 1.807) is 0 Å². The monoisotopic (exact) mass is 333 g/mol. The highest BCUT2D eigenvalue weighted by Crippen LogP contribution is 2.31. The maximum atomic E-state index is 10.5. The maximum absolute atomic E-state index is 10.5. The van der Waals surface area contributed by atoms with Crippen LogP contribution in [0, 0.1) is 0 Å². The second-order valence-electron chi connectivity index (χ2n) is 6.81. The molecule has 1 aliphatic rings. The summed E-state index contributed by atoms with van der Waals surface area (Å²) in [5, 5.41) is 12.8. The standard InChI is InChI=1S/C22H23NO2/c1-16-12-19-8-4-5-9-22(19)23(16)14-20(24)15-25-21-11-10-17-6-2-3-7-18(17)13-21/h2-11,13,16,20,24H,12,14-15H2,1H3. The SMILES string of the molecule is CC1Cc2ccccc2N1CC(O)COc1ccc2ccccc2c1. The van der Waals surface area contributed by atoms with E-state index in [2.05, 4.69) is 54.3 Å². The maximum Gasteiger partial charge on any atom is 0.120 e. The number of anilines is 1. The number of aliphatic hydroxyl groups excluding tert-OH is 1. The molecule has 3 heteroatoms. The molecule has 1 heterocycles. The van der Waals surface area contributed by atoms with Gasteiger partial charge in [0.2, 0.25) is 0 Å². The Labute approximate surface area is 148 Å². The summed E-state index contributed by atoms with van der Waals surface area (Å²) in [6.07, 6.45) is 0.508. The molecule has 1 N–H and O–H groups in total. The van der Waals surface area contributed by atoms with Crippen molar-refractivity contribution in [2.45, 2.75) is 25.5 Å². The molecule has 0 bridgehead atoms. The topological polar surface area (TPSA) is 32.7 Å². The van der Waals surface area contributed by atoms with Crippen LogP contribution in [0.1, 0.15) is 12.5 Å². The average Bonchev–Trinajstić information content (AvgIpc) is 2.95. The Kier molecular flexibility index (Phi) is 4.33. The molecule has 0 aromatic heterocycles. The van der Waals surface area contributed by atoms with Crippen molar-refractivity contribution in [2.24, 2.45) is 0 Å². The van der Waals surface area contributed by atoms with Crippen molar-refractivity contribution in [3.8, 4) is 5.75 Å². The Morgan fingerprint density at radius 3 is 2.68 bits per heavy atom. The molecule has 0 fully saturated rings. The van der Waals surface area contributed by atoms with E-state index in [0.717, 1.165) is 17.6 Å². The third-order valence-corrected chi connectivity index (χ3v) is 4.92. The first-order valence-corrected chi connectivity index (χ1v) is 8.85. The quantitative estimate of drug-likeness (QED) is 0.765. The molecular formula is C22H23NO2. The van der Waals surface area contributed by atoms with Gasteiger partial charge in [0.1, 0.15) is 18.5 Å². The van der Waals surface area contributed by atoms with E-state index in [9.17, 15) is 5.11 Å². The molecule has 3 aromatic rings. The van der Waals surface area contributed by atoms with E-state index in [1.807, 2.05) is 24.3 Å². The Morgan fingerprint density at radius 2 is 1.80 bits per heavy atom. The summed E-state index contributed by atoms with van der Waals surface area (Å²) in [5.74, 6) is 0.799. The molecule has 2 unspecified atom stereocenters. The van der Waals surface area contributed by atoms with E-state index in [-0.39, 0.29) is 0 Å². The molecule has 128 valence electrons. The van der Waals surface area contributed by atoms with Gasteiger partial charge in [-0.15, -0.1) is 0 Å². The number of hydrogen-bond donors (Lipinski definition) is 1. The van der Waals surface area contributed by atoms with Crippen LogP contribution in [0.3, 0.4) is 0 Å². The van der Waals surface area contributed by atoms with Gasteiger partial charge in [0.05, 0.1) is 0 Å². The zero-order valence-corrected chi connectivity index (χ0v) is 14.4. The molecule has 0 radical (unpaired) electrons. The smallest absolute Gasteiger partial charge is 0.120 e. The van der Waals surface area contributed by atoms with Crippen LogP contribution in [0.25, 0.3) is 10.8 Å². The van der Waals surface area contributed by atoms with E-state index in [4.69, 9.17) is 4.74 Å². The third kappa shape index (κ3) is 3.33. The minimum absolute atomic E-state index is 0.295. The Morgan fingerprint density at radius 1 is 1.04 bits per heavy atom. The highest BCUT2D eigenvalue weighted by molar-refractivity contribution is 5.83. The van der Waals surface area contributed by atoms with Crippen LogP contribution in [0.4, 0.5) is 5.69 Å². The van der Waals surface area contributed by atoms with Crippen molar-refractivity contribution >= 4 is 16.5 Å². The van der Waals surface area contributed by atoms with Crippen LogP contribution in [0.5, 0.6) is 5.75 Å². The van der Waals surface area contributed by atoms with Gasteiger partial charge in [0.15, 0.2) is 0 Å². The number of benzene rings is 3. The van der Waals surface area contributed by atoms with Gasteiger partial charge in [-0.2, -0.15) is 0 Å². The van der Waals surface area contributed by atoms with E-state index >= 15 is 0 Å². The lowest BCUT2D eigenvalue weighted by molar-refractivity contribution is 0.111. The molecule has 0 spiro atoms. The lowest BCUT2D eigenvalue weighted by atomic mass is 10.1. The van der Waals surface area contributed by atoms with Gasteiger partial charge in [0.25, 0.3) is 0 Å². The van der Waals surface area contributed by atoms with Gasteiger partial charge in [-0.05, 0) is 47.9 Å². The summed E-state index contributed by atoms with van der Waals surface area (Å²) >= 11 is 0. The van der Waals surface area contributed by atoms with E-state index < -0.39 is 6.10 Å². The molecule has 0 saturated heterocycles. The summed E-state index contributed by atoms with van der Waals surface area (Å²) in [5.41, 5.74) is 2.59. The fourth-order valence-electron chi connectivity index (χ4n) is 3.64. The number of hydrogen-bond acceptors (Lipinski definition) is 3. The second-order valence-corrected chi connectivity index (χ2v) is 6.81. The van der Waals surface area contributed by atoms with Crippen molar-refractivity contribution in [1.29, 1.82) is 0 Å². The molecule has 0 amide bonds. The van der Waals surface area contributed by atoms with Crippen LogP contribution in [0.15, 0.2) is 66.7 Å². The average molecular weight is 333 g/mol. The van der Waals surface area contributed by atoms with Gasteiger partial charge in [-0.25, -0.2) is 0 Å².